The monoisotopic (exact) mass is 445 g/mol. The van der Waals surface area contributed by atoms with Crippen LogP contribution in [0.1, 0.15) is 32.4 Å². The summed E-state index contributed by atoms with van der Waals surface area (Å²) in [5.41, 5.74) is 0.154. The van der Waals surface area contributed by atoms with Gasteiger partial charge in [0.2, 0.25) is 15.9 Å². The Bertz CT molecular complexity index is 1360. The van der Waals surface area contributed by atoms with E-state index in [2.05, 4.69) is 4.72 Å². The minimum absolute atomic E-state index is 0.0708. The second-order valence-electron chi connectivity index (χ2n) is 7.76. The van der Waals surface area contributed by atoms with E-state index in [9.17, 15) is 18.0 Å². The molecule has 10 heteroatoms. The minimum Gasteiger partial charge on any atom is -0.463 e. The zero-order valence-corrected chi connectivity index (χ0v) is 18.2. The van der Waals surface area contributed by atoms with Gasteiger partial charge in [-0.05, 0) is 57.0 Å². The van der Waals surface area contributed by atoms with Gasteiger partial charge in [-0.25, -0.2) is 27.3 Å². The van der Waals surface area contributed by atoms with Crippen molar-refractivity contribution in [2.45, 2.75) is 37.1 Å². The molecule has 0 radical (unpaired) electrons. The van der Waals surface area contributed by atoms with Gasteiger partial charge in [0.25, 0.3) is 0 Å². The van der Waals surface area contributed by atoms with Crippen molar-refractivity contribution in [2.75, 3.05) is 6.61 Å². The Morgan fingerprint density at radius 3 is 2.68 bits per heavy atom. The number of sulfonamides is 1. The highest BCUT2D eigenvalue weighted by molar-refractivity contribution is 7.89. The number of imidazole rings is 1. The van der Waals surface area contributed by atoms with Crippen molar-refractivity contribution in [2.24, 2.45) is 7.05 Å². The first-order chi connectivity index (χ1) is 14.6. The molecule has 0 amide bonds. The van der Waals surface area contributed by atoms with Gasteiger partial charge in [-0.1, -0.05) is 0 Å². The van der Waals surface area contributed by atoms with Crippen molar-refractivity contribution in [1.29, 1.82) is 0 Å². The standard InChI is InChI=1S/C21H23N3O6S/c1-4-29-19(25)10-6-14-5-9-18(30-14)24-17-13-15(7-8-16(17)23(3)20(24)26)31(27,28)22-21(2)11-12-21/h5-10,13,22H,4,11-12H2,1-3H3/b10-6+. The summed E-state index contributed by atoms with van der Waals surface area (Å²) in [4.78, 5) is 24.4. The smallest absolute Gasteiger partial charge is 0.335 e. The SMILES string of the molecule is CCOC(=O)/C=C/c1ccc(-n2c(=O)n(C)c3ccc(S(=O)(=O)NC4(C)CC4)cc32)o1. The van der Waals surface area contributed by atoms with Crippen LogP contribution in [0.25, 0.3) is 23.0 Å². The molecular formula is C21H23N3O6S. The molecule has 2 heterocycles. The fraction of sp³-hybridized carbons (Fsp3) is 0.333. The summed E-state index contributed by atoms with van der Waals surface area (Å²) < 4.78 is 41.6. The predicted molar refractivity (Wildman–Crippen MR) is 114 cm³/mol. The number of fused-ring (bicyclic) bond motifs is 1. The molecule has 164 valence electrons. The molecule has 4 rings (SSSR count). The maximum Gasteiger partial charge on any atom is 0.335 e. The normalized spacial score (nSPS) is 15.6. The molecular weight excluding hydrogens is 422 g/mol. The van der Waals surface area contributed by atoms with E-state index >= 15 is 0 Å². The molecule has 9 nitrogen and oxygen atoms in total. The number of nitrogens with one attached hydrogen (secondary N) is 1. The molecule has 3 aromatic rings. The van der Waals surface area contributed by atoms with Gasteiger partial charge in [0, 0.05) is 24.7 Å². The first-order valence-corrected chi connectivity index (χ1v) is 11.3. The fourth-order valence-electron chi connectivity index (χ4n) is 3.27. The van der Waals surface area contributed by atoms with Crippen molar-refractivity contribution in [3.05, 3.63) is 52.7 Å². The summed E-state index contributed by atoms with van der Waals surface area (Å²) in [6.07, 6.45) is 4.25. The highest BCUT2D eigenvalue weighted by Gasteiger charge is 2.41. The third-order valence-corrected chi connectivity index (χ3v) is 6.86. The summed E-state index contributed by atoms with van der Waals surface area (Å²) >= 11 is 0. The average molecular weight is 445 g/mol. The van der Waals surface area contributed by atoms with Crippen molar-refractivity contribution >= 4 is 33.1 Å². The number of nitrogens with zero attached hydrogens (tertiary/aromatic N) is 2. The van der Waals surface area contributed by atoms with E-state index in [1.807, 2.05) is 6.92 Å². The number of benzene rings is 1. The fourth-order valence-corrected chi connectivity index (χ4v) is 4.75. The van der Waals surface area contributed by atoms with E-state index < -0.39 is 21.5 Å². The van der Waals surface area contributed by atoms with E-state index in [1.165, 1.54) is 33.4 Å². The lowest BCUT2D eigenvalue weighted by atomic mass is 10.3. The number of aryl methyl sites for hydroxylation is 1. The van der Waals surface area contributed by atoms with Gasteiger partial charge < -0.3 is 9.15 Å². The van der Waals surface area contributed by atoms with E-state index in [0.717, 1.165) is 12.8 Å². The summed E-state index contributed by atoms with van der Waals surface area (Å²) in [7, 11) is -2.14. The number of hydrogen-bond donors (Lipinski definition) is 1. The Balaban J connectivity index is 1.75. The van der Waals surface area contributed by atoms with Crippen LogP contribution in [0.15, 0.2) is 50.5 Å². The molecule has 1 aliphatic rings. The number of rotatable bonds is 7. The predicted octanol–water partition coefficient (Wildman–Crippen LogP) is 2.33. The average Bonchev–Trinajstić information content (AvgIpc) is 3.15. The number of ether oxygens (including phenoxy) is 1. The number of furan rings is 1. The topological polar surface area (TPSA) is 113 Å². The highest BCUT2D eigenvalue weighted by Crippen LogP contribution is 2.36. The first kappa shape index (κ1) is 21.1. The number of hydrogen-bond acceptors (Lipinski definition) is 6. The van der Waals surface area contributed by atoms with Crippen LogP contribution in [0, 0.1) is 0 Å². The van der Waals surface area contributed by atoms with Crippen LogP contribution in [0.5, 0.6) is 0 Å². The summed E-state index contributed by atoms with van der Waals surface area (Å²) in [5.74, 6) is 0.0457. The zero-order valence-electron chi connectivity index (χ0n) is 17.4. The molecule has 0 unspecified atom stereocenters. The Kier molecular flexibility index (Phi) is 5.14. The lowest BCUT2D eigenvalue weighted by molar-refractivity contribution is -0.137. The molecule has 1 fully saturated rings. The Morgan fingerprint density at radius 2 is 2.00 bits per heavy atom. The molecule has 0 spiro atoms. The van der Waals surface area contributed by atoms with E-state index in [1.54, 1.807) is 32.2 Å². The third kappa shape index (κ3) is 4.08. The quantitative estimate of drug-likeness (QED) is 0.441. The van der Waals surface area contributed by atoms with Crippen LogP contribution in [0.4, 0.5) is 0 Å². The molecule has 0 bridgehead atoms. The van der Waals surface area contributed by atoms with Crippen LogP contribution in [-0.2, 0) is 26.6 Å². The maximum absolute atomic E-state index is 12.9. The lowest BCUT2D eigenvalue weighted by Gasteiger charge is -2.12. The molecule has 1 aromatic carbocycles. The summed E-state index contributed by atoms with van der Waals surface area (Å²) in [5, 5.41) is 0. The Hall–Kier alpha value is -3.11. The molecule has 2 aromatic heterocycles. The van der Waals surface area contributed by atoms with Crippen LogP contribution in [-0.4, -0.2) is 35.7 Å². The molecule has 1 aliphatic carbocycles. The zero-order chi connectivity index (χ0) is 22.4. The third-order valence-electron chi connectivity index (χ3n) is 5.22. The van der Waals surface area contributed by atoms with Gasteiger partial charge in [-0.3, -0.25) is 4.57 Å². The largest absolute Gasteiger partial charge is 0.463 e. The first-order valence-electron chi connectivity index (χ1n) is 9.84. The highest BCUT2D eigenvalue weighted by atomic mass is 32.2. The van der Waals surface area contributed by atoms with Crippen molar-refractivity contribution in [3.63, 3.8) is 0 Å². The molecule has 1 saturated carbocycles. The van der Waals surface area contributed by atoms with Crippen molar-refractivity contribution in [3.8, 4) is 5.88 Å². The van der Waals surface area contributed by atoms with Gasteiger partial charge in [0.15, 0.2) is 0 Å². The summed E-state index contributed by atoms with van der Waals surface area (Å²) in [6, 6.07) is 7.72. The van der Waals surface area contributed by atoms with Gasteiger partial charge in [-0.2, -0.15) is 0 Å². The lowest BCUT2D eigenvalue weighted by Crippen LogP contribution is -2.34. The molecule has 1 N–H and O–H groups in total. The maximum atomic E-state index is 12.9. The van der Waals surface area contributed by atoms with Gasteiger partial charge in [-0.15, -0.1) is 0 Å². The number of carbonyl (C=O) groups is 1. The van der Waals surface area contributed by atoms with Crippen molar-refractivity contribution < 1.29 is 22.4 Å². The number of aromatic nitrogens is 2. The Labute approximate surface area is 179 Å². The van der Waals surface area contributed by atoms with Gasteiger partial charge in [0.05, 0.1) is 22.5 Å². The van der Waals surface area contributed by atoms with E-state index in [4.69, 9.17) is 9.15 Å². The van der Waals surface area contributed by atoms with E-state index in [-0.39, 0.29) is 23.1 Å². The van der Waals surface area contributed by atoms with Crippen LogP contribution in [0.2, 0.25) is 0 Å². The second kappa shape index (κ2) is 7.54. The van der Waals surface area contributed by atoms with Crippen molar-refractivity contribution in [1.82, 2.24) is 13.9 Å². The van der Waals surface area contributed by atoms with E-state index in [0.29, 0.717) is 16.8 Å². The summed E-state index contributed by atoms with van der Waals surface area (Å²) in [6.45, 7) is 3.82. The van der Waals surface area contributed by atoms with Crippen LogP contribution in [0.3, 0.4) is 0 Å². The number of carbonyl (C=O) groups excluding carboxylic acids is 1. The molecule has 0 atom stereocenters. The van der Waals surface area contributed by atoms with Gasteiger partial charge >= 0.3 is 11.7 Å². The Morgan fingerprint density at radius 1 is 1.26 bits per heavy atom. The number of esters is 1. The minimum atomic E-state index is -3.74. The second-order valence-corrected chi connectivity index (χ2v) is 9.44. The molecule has 0 aliphatic heterocycles. The molecule has 31 heavy (non-hydrogen) atoms. The van der Waals surface area contributed by atoms with Crippen LogP contribution < -0.4 is 10.4 Å². The van der Waals surface area contributed by atoms with Crippen LogP contribution >= 0.6 is 0 Å². The molecule has 0 saturated heterocycles. The van der Waals surface area contributed by atoms with Gasteiger partial charge in [0.1, 0.15) is 5.76 Å².